The predicted octanol–water partition coefficient (Wildman–Crippen LogP) is 2.71. The lowest BCUT2D eigenvalue weighted by atomic mass is 9.91. The summed E-state index contributed by atoms with van der Waals surface area (Å²) in [4.78, 5) is 0. The average molecular weight is 225 g/mol. The molecule has 2 unspecified atom stereocenters. The van der Waals surface area contributed by atoms with Crippen molar-refractivity contribution in [3.63, 3.8) is 0 Å². The van der Waals surface area contributed by atoms with Crippen molar-refractivity contribution in [2.45, 2.75) is 25.4 Å². The van der Waals surface area contributed by atoms with E-state index < -0.39 is 6.17 Å². The van der Waals surface area contributed by atoms with E-state index in [1.165, 1.54) is 12.1 Å². The molecule has 1 aliphatic rings. The zero-order valence-corrected chi connectivity index (χ0v) is 9.26. The molecule has 0 spiro atoms. The first-order valence-electron chi connectivity index (χ1n) is 5.85. The summed E-state index contributed by atoms with van der Waals surface area (Å²) in [5.41, 5.74) is 0.875. The van der Waals surface area contributed by atoms with Crippen molar-refractivity contribution in [1.82, 2.24) is 5.32 Å². The third kappa shape index (κ3) is 3.01. The molecule has 2 rings (SSSR count). The van der Waals surface area contributed by atoms with Crippen LogP contribution in [0.25, 0.3) is 0 Å². The molecule has 0 radical (unpaired) electrons. The Bertz CT molecular complexity index is 317. The maximum atomic E-state index is 13.9. The van der Waals surface area contributed by atoms with Crippen molar-refractivity contribution in [1.29, 1.82) is 0 Å². The van der Waals surface area contributed by atoms with Gasteiger partial charge in [0.25, 0.3) is 0 Å². The molecule has 1 aromatic carbocycles. The van der Waals surface area contributed by atoms with Crippen LogP contribution in [0.3, 0.4) is 0 Å². The van der Waals surface area contributed by atoms with E-state index in [9.17, 15) is 8.78 Å². The van der Waals surface area contributed by atoms with Crippen LogP contribution >= 0.6 is 0 Å². The molecular weight excluding hydrogens is 208 g/mol. The van der Waals surface area contributed by atoms with Gasteiger partial charge in [-0.2, -0.15) is 0 Å². The summed E-state index contributed by atoms with van der Waals surface area (Å²) >= 11 is 0. The fourth-order valence-electron chi connectivity index (χ4n) is 2.20. The summed E-state index contributed by atoms with van der Waals surface area (Å²) in [5, 5.41) is 3.21. The van der Waals surface area contributed by atoms with Crippen LogP contribution in [0.15, 0.2) is 24.3 Å². The van der Waals surface area contributed by atoms with Gasteiger partial charge in [0.15, 0.2) is 0 Å². The first kappa shape index (κ1) is 11.5. The molecule has 16 heavy (non-hydrogen) atoms. The lowest BCUT2D eigenvalue weighted by molar-refractivity contribution is 0.191. The zero-order valence-electron chi connectivity index (χ0n) is 9.26. The fourth-order valence-corrected chi connectivity index (χ4v) is 2.20. The molecule has 1 aromatic rings. The summed E-state index contributed by atoms with van der Waals surface area (Å²) in [5.74, 6) is -0.155. The summed E-state index contributed by atoms with van der Waals surface area (Å²) in [7, 11) is 0. The maximum absolute atomic E-state index is 13.9. The van der Waals surface area contributed by atoms with Gasteiger partial charge in [-0.25, -0.2) is 8.78 Å². The molecule has 88 valence electrons. The Morgan fingerprint density at radius 1 is 1.31 bits per heavy atom. The number of hydrogen-bond donors (Lipinski definition) is 1. The van der Waals surface area contributed by atoms with Crippen molar-refractivity contribution in [3.8, 4) is 0 Å². The lowest BCUT2D eigenvalue weighted by Crippen LogP contribution is -2.35. The summed E-state index contributed by atoms with van der Waals surface area (Å²) < 4.78 is 26.6. The Morgan fingerprint density at radius 2 is 2.06 bits per heavy atom. The van der Waals surface area contributed by atoms with Crippen LogP contribution in [0, 0.1) is 11.7 Å². The molecule has 1 aliphatic heterocycles. The van der Waals surface area contributed by atoms with Crippen LogP contribution in [0.1, 0.15) is 18.4 Å². The summed E-state index contributed by atoms with van der Waals surface area (Å²) in [6, 6.07) is 6.11. The number of benzene rings is 1. The third-order valence-corrected chi connectivity index (χ3v) is 3.19. The number of piperidine rings is 1. The number of nitrogens with one attached hydrogen (secondary N) is 1. The van der Waals surface area contributed by atoms with Gasteiger partial charge in [0.05, 0.1) is 0 Å². The van der Waals surface area contributed by atoms with Gasteiger partial charge in [0.1, 0.15) is 12.0 Å². The minimum absolute atomic E-state index is 0.110. The average Bonchev–Trinajstić information content (AvgIpc) is 2.33. The molecule has 3 heteroatoms. The quantitative estimate of drug-likeness (QED) is 0.834. The Kier molecular flexibility index (Phi) is 3.88. The van der Waals surface area contributed by atoms with Crippen molar-refractivity contribution in [2.75, 3.05) is 13.1 Å². The van der Waals surface area contributed by atoms with E-state index in [0.29, 0.717) is 6.42 Å². The van der Waals surface area contributed by atoms with E-state index in [4.69, 9.17) is 0 Å². The Hall–Kier alpha value is -0.960. The zero-order chi connectivity index (χ0) is 11.4. The molecule has 1 fully saturated rings. The first-order valence-corrected chi connectivity index (χ1v) is 5.85. The van der Waals surface area contributed by atoms with Crippen LogP contribution < -0.4 is 5.32 Å². The topological polar surface area (TPSA) is 12.0 Å². The first-order chi connectivity index (χ1) is 7.75. The predicted molar refractivity (Wildman–Crippen MR) is 60.6 cm³/mol. The Morgan fingerprint density at radius 3 is 2.69 bits per heavy atom. The molecule has 0 aliphatic carbocycles. The van der Waals surface area contributed by atoms with Gasteiger partial charge in [0.2, 0.25) is 0 Å². The number of rotatable bonds is 3. The van der Waals surface area contributed by atoms with Crippen molar-refractivity contribution < 1.29 is 8.78 Å². The standard InChI is InChI=1S/C13H17F2N/c14-12-5-3-10(4-6-12)8-13(15)11-2-1-7-16-9-11/h3-6,11,13,16H,1-2,7-9H2. The van der Waals surface area contributed by atoms with E-state index >= 15 is 0 Å². The smallest absolute Gasteiger partial charge is 0.123 e. The molecule has 0 amide bonds. The number of alkyl halides is 1. The number of hydrogen-bond acceptors (Lipinski definition) is 1. The fraction of sp³-hybridized carbons (Fsp3) is 0.538. The van der Waals surface area contributed by atoms with E-state index in [0.717, 1.165) is 31.5 Å². The van der Waals surface area contributed by atoms with Crippen LogP contribution in [0.5, 0.6) is 0 Å². The molecular formula is C13H17F2N. The minimum Gasteiger partial charge on any atom is -0.316 e. The normalized spacial score (nSPS) is 23.0. The van der Waals surface area contributed by atoms with Gasteiger partial charge in [-0.15, -0.1) is 0 Å². The molecule has 0 saturated carbocycles. The summed E-state index contributed by atoms with van der Waals surface area (Å²) in [6.07, 6.45) is 1.58. The SMILES string of the molecule is Fc1ccc(CC(F)C2CCCNC2)cc1. The second kappa shape index (κ2) is 5.39. The van der Waals surface area contributed by atoms with E-state index in [-0.39, 0.29) is 11.7 Å². The van der Waals surface area contributed by atoms with Crippen LogP contribution in [-0.4, -0.2) is 19.3 Å². The summed E-state index contributed by atoms with van der Waals surface area (Å²) in [6.45, 7) is 1.77. The third-order valence-electron chi connectivity index (χ3n) is 3.19. The highest BCUT2D eigenvalue weighted by atomic mass is 19.1. The molecule has 2 atom stereocenters. The van der Waals surface area contributed by atoms with Crippen molar-refractivity contribution in [3.05, 3.63) is 35.6 Å². The van der Waals surface area contributed by atoms with Crippen molar-refractivity contribution >= 4 is 0 Å². The molecule has 1 N–H and O–H groups in total. The monoisotopic (exact) mass is 225 g/mol. The molecule has 1 nitrogen and oxygen atoms in total. The van der Waals surface area contributed by atoms with E-state index in [1.807, 2.05) is 0 Å². The molecule has 1 saturated heterocycles. The van der Waals surface area contributed by atoms with Crippen LogP contribution in [-0.2, 0) is 6.42 Å². The van der Waals surface area contributed by atoms with E-state index in [2.05, 4.69) is 5.32 Å². The Balaban J connectivity index is 1.90. The van der Waals surface area contributed by atoms with Crippen LogP contribution in [0.4, 0.5) is 8.78 Å². The largest absolute Gasteiger partial charge is 0.316 e. The van der Waals surface area contributed by atoms with Gasteiger partial charge >= 0.3 is 0 Å². The van der Waals surface area contributed by atoms with E-state index in [1.54, 1.807) is 12.1 Å². The number of halogens is 2. The van der Waals surface area contributed by atoms with Gasteiger partial charge in [-0.3, -0.25) is 0 Å². The highest BCUT2D eigenvalue weighted by molar-refractivity contribution is 5.17. The lowest BCUT2D eigenvalue weighted by Gasteiger charge is -2.25. The second-order valence-electron chi connectivity index (χ2n) is 4.45. The van der Waals surface area contributed by atoms with Crippen molar-refractivity contribution in [2.24, 2.45) is 5.92 Å². The van der Waals surface area contributed by atoms with Gasteiger partial charge in [0, 0.05) is 18.9 Å². The molecule has 1 heterocycles. The minimum atomic E-state index is -0.821. The highest BCUT2D eigenvalue weighted by Crippen LogP contribution is 2.20. The van der Waals surface area contributed by atoms with Gasteiger partial charge < -0.3 is 5.32 Å². The van der Waals surface area contributed by atoms with Crippen LogP contribution in [0.2, 0.25) is 0 Å². The second-order valence-corrected chi connectivity index (χ2v) is 4.45. The molecule has 0 aromatic heterocycles. The highest BCUT2D eigenvalue weighted by Gasteiger charge is 2.23. The van der Waals surface area contributed by atoms with Gasteiger partial charge in [-0.05, 0) is 37.1 Å². The Labute approximate surface area is 94.9 Å². The maximum Gasteiger partial charge on any atom is 0.123 e. The van der Waals surface area contributed by atoms with Gasteiger partial charge in [-0.1, -0.05) is 12.1 Å². The molecule has 0 bridgehead atoms.